The zero-order valence-electron chi connectivity index (χ0n) is 17.1. The summed E-state index contributed by atoms with van der Waals surface area (Å²) in [6, 6.07) is 15.2. The normalized spacial score (nSPS) is 27.2. The molecule has 5 atom stereocenters. The molecule has 2 aliphatic heterocycles. The third-order valence-electron chi connectivity index (χ3n) is 5.72. The second-order valence-electron chi connectivity index (χ2n) is 7.68. The van der Waals surface area contributed by atoms with Crippen LogP contribution in [0.5, 0.6) is 0 Å². The van der Waals surface area contributed by atoms with E-state index in [9.17, 15) is 22.8 Å². The summed E-state index contributed by atoms with van der Waals surface area (Å²) < 4.78 is 64.3. The summed E-state index contributed by atoms with van der Waals surface area (Å²) in [7, 11) is 0.796. The lowest BCUT2D eigenvalue weighted by atomic mass is 9.89. The molecule has 6 nitrogen and oxygen atoms in total. The van der Waals surface area contributed by atoms with Gasteiger partial charge in [0.05, 0.1) is 12.5 Å². The van der Waals surface area contributed by atoms with E-state index in [1.54, 1.807) is 30.3 Å². The van der Waals surface area contributed by atoms with E-state index in [1.807, 2.05) is 0 Å². The minimum atomic E-state index is -5.12. The molecule has 0 spiro atoms. The van der Waals surface area contributed by atoms with Gasteiger partial charge in [-0.1, -0.05) is 60.7 Å². The molecule has 170 valence electrons. The zero-order valence-corrected chi connectivity index (χ0v) is 17.1. The molecule has 0 saturated carbocycles. The Bertz CT molecular complexity index is 965. The van der Waals surface area contributed by atoms with Crippen molar-refractivity contribution in [1.82, 2.24) is 0 Å². The Morgan fingerprint density at radius 3 is 2.25 bits per heavy atom. The average Bonchev–Trinajstić information content (AvgIpc) is 2.76. The van der Waals surface area contributed by atoms with Crippen LogP contribution in [0, 0.1) is 0 Å². The fourth-order valence-electron chi connectivity index (χ4n) is 4.22. The summed E-state index contributed by atoms with van der Waals surface area (Å²) in [5.41, 5.74) is -3.19. The first kappa shape index (κ1) is 22.3. The molecule has 0 radical (unpaired) electrons. The van der Waals surface area contributed by atoms with Gasteiger partial charge in [-0.2, -0.15) is 13.2 Å². The molecule has 0 aromatic heterocycles. The van der Waals surface area contributed by atoms with E-state index in [1.165, 1.54) is 18.2 Å². The van der Waals surface area contributed by atoms with Crippen LogP contribution in [0.4, 0.5) is 13.2 Å². The molecule has 0 unspecified atom stereocenters. The van der Waals surface area contributed by atoms with Crippen LogP contribution in [0.3, 0.4) is 0 Å². The van der Waals surface area contributed by atoms with Crippen LogP contribution in [0.25, 0.3) is 0 Å². The maximum Gasteiger partial charge on any atom is 0.432 e. The standard InChI is InChI=1S/C23H21F3O6/c1-29-22(23(24,25)26,15-10-6-3-7-11-15)21(28)32-20-17-12-16(13-18(27)31-17)30-19(20)14-8-4-2-5-9-14/h2-11,16-17,19-20H,12-13H2,1H3/t16-,17-,19+,20-,22-/m0/s1. The number of rotatable bonds is 5. The minimum Gasteiger partial charge on any atom is -0.458 e. The molecule has 2 saturated heterocycles. The molecule has 2 aliphatic rings. The molecule has 2 heterocycles. The van der Waals surface area contributed by atoms with Crippen LogP contribution in [0.15, 0.2) is 60.7 Å². The number of alkyl halides is 3. The van der Waals surface area contributed by atoms with Crippen LogP contribution in [0.1, 0.15) is 30.1 Å². The lowest BCUT2D eigenvalue weighted by molar-refractivity contribution is -0.287. The zero-order chi connectivity index (χ0) is 22.9. The van der Waals surface area contributed by atoms with Gasteiger partial charge < -0.3 is 18.9 Å². The largest absolute Gasteiger partial charge is 0.458 e. The van der Waals surface area contributed by atoms with E-state index in [0.717, 1.165) is 19.2 Å². The van der Waals surface area contributed by atoms with Gasteiger partial charge in [-0.15, -0.1) is 0 Å². The maximum absolute atomic E-state index is 14.3. The van der Waals surface area contributed by atoms with Crippen molar-refractivity contribution >= 4 is 11.9 Å². The van der Waals surface area contributed by atoms with Gasteiger partial charge in [0.1, 0.15) is 12.2 Å². The quantitative estimate of drug-likeness (QED) is 0.645. The number of carbonyl (C=O) groups excluding carboxylic acids is 2. The number of carbonyl (C=O) groups is 2. The van der Waals surface area contributed by atoms with E-state index >= 15 is 0 Å². The number of halogens is 3. The molecule has 2 fully saturated rings. The van der Waals surface area contributed by atoms with Crippen molar-refractivity contribution in [3.63, 3.8) is 0 Å². The number of ether oxygens (including phenoxy) is 4. The highest BCUT2D eigenvalue weighted by Crippen LogP contribution is 2.45. The number of hydrogen-bond acceptors (Lipinski definition) is 6. The molecule has 2 aromatic rings. The molecule has 0 amide bonds. The molecule has 0 aliphatic carbocycles. The number of methoxy groups -OCH3 is 1. The molecule has 0 N–H and O–H groups in total. The van der Waals surface area contributed by atoms with Gasteiger partial charge in [0, 0.05) is 19.1 Å². The van der Waals surface area contributed by atoms with Crippen molar-refractivity contribution in [2.24, 2.45) is 0 Å². The Labute approximate surface area is 182 Å². The van der Waals surface area contributed by atoms with Crippen LogP contribution in [-0.2, 0) is 34.1 Å². The second kappa shape index (κ2) is 8.55. The first-order chi connectivity index (χ1) is 15.3. The average molecular weight is 450 g/mol. The molecule has 9 heteroatoms. The topological polar surface area (TPSA) is 71.1 Å². The highest BCUT2D eigenvalue weighted by molar-refractivity contribution is 5.83. The summed E-state index contributed by atoms with van der Waals surface area (Å²) in [6.45, 7) is 0. The Hall–Kier alpha value is -2.91. The van der Waals surface area contributed by atoms with Gasteiger partial charge in [-0.3, -0.25) is 4.79 Å². The van der Waals surface area contributed by atoms with Gasteiger partial charge in [-0.25, -0.2) is 4.79 Å². The monoisotopic (exact) mass is 450 g/mol. The van der Waals surface area contributed by atoms with Crippen molar-refractivity contribution in [1.29, 1.82) is 0 Å². The minimum absolute atomic E-state index is 0.0229. The van der Waals surface area contributed by atoms with Crippen LogP contribution in [-0.4, -0.2) is 43.5 Å². The molecule has 4 rings (SSSR count). The van der Waals surface area contributed by atoms with E-state index in [0.29, 0.717) is 5.56 Å². The molecule has 32 heavy (non-hydrogen) atoms. The Kier molecular flexibility index (Phi) is 5.96. The lowest BCUT2D eigenvalue weighted by Crippen LogP contribution is -2.57. The van der Waals surface area contributed by atoms with Crippen LogP contribution >= 0.6 is 0 Å². The smallest absolute Gasteiger partial charge is 0.432 e. The predicted octanol–water partition coefficient (Wildman–Crippen LogP) is 3.85. The van der Waals surface area contributed by atoms with E-state index < -0.39 is 53.7 Å². The van der Waals surface area contributed by atoms with Crippen LogP contribution < -0.4 is 0 Å². The first-order valence-corrected chi connectivity index (χ1v) is 10.0. The van der Waals surface area contributed by atoms with Gasteiger partial charge in [0.2, 0.25) is 0 Å². The highest BCUT2D eigenvalue weighted by Gasteiger charge is 2.65. The summed E-state index contributed by atoms with van der Waals surface area (Å²) in [6.07, 6.45) is -8.50. The number of hydrogen-bond donors (Lipinski definition) is 0. The first-order valence-electron chi connectivity index (χ1n) is 10.0. The van der Waals surface area contributed by atoms with Crippen molar-refractivity contribution in [3.05, 3.63) is 71.8 Å². The Balaban J connectivity index is 1.72. The molecule has 2 bridgehead atoms. The number of esters is 2. The van der Waals surface area contributed by atoms with E-state index in [4.69, 9.17) is 18.9 Å². The van der Waals surface area contributed by atoms with Crippen molar-refractivity contribution in [2.75, 3.05) is 7.11 Å². The number of benzene rings is 2. The summed E-state index contributed by atoms with van der Waals surface area (Å²) in [5.74, 6) is -2.22. The summed E-state index contributed by atoms with van der Waals surface area (Å²) in [4.78, 5) is 25.1. The lowest BCUT2D eigenvalue weighted by Gasteiger charge is -2.44. The van der Waals surface area contributed by atoms with Crippen LogP contribution in [0.2, 0.25) is 0 Å². The maximum atomic E-state index is 14.3. The SMILES string of the molecule is CO[C@](C(=O)O[C@H]1[C@@H]2C[C@@H](CC(=O)O2)O[C@@H]1c1ccccc1)(c1ccccc1)C(F)(F)F. The fourth-order valence-corrected chi connectivity index (χ4v) is 4.22. The van der Waals surface area contributed by atoms with Gasteiger partial charge in [-0.05, 0) is 5.56 Å². The second-order valence-corrected chi connectivity index (χ2v) is 7.68. The Morgan fingerprint density at radius 2 is 1.66 bits per heavy atom. The predicted molar refractivity (Wildman–Crippen MR) is 104 cm³/mol. The van der Waals surface area contributed by atoms with E-state index in [2.05, 4.69) is 0 Å². The van der Waals surface area contributed by atoms with Gasteiger partial charge in [0.25, 0.3) is 5.60 Å². The molecule has 2 aromatic carbocycles. The third-order valence-corrected chi connectivity index (χ3v) is 5.72. The van der Waals surface area contributed by atoms with Gasteiger partial charge >= 0.3 is 18.1 Å². The van der Waals surface area contributed by atoms with E-state index in [-0.39, 0.29) is 12.8 Å². The summed E-state index contributed by atoms with van der Waals surface area (Å²) >= 11 is 0. The molecular weight excluding hydrogens is 429 g/mol. The third kappa shape index (κ3) is 3.86. The highest BCUT2D eigenvalue weighted by atomic mass is 19.4. The molecular formula is C23H21F3O6. The Morgan fingerprint density at radius 1 is 1.03 bits per heavy atom. The summed E-state index contributed by atoms with van der Waals surface area (Å²) in [5, 5.41) is 0. The van der Waals surface area contributed by atoms with Gasteiger partial charge in [0.15, 0.2) is 6.10 Å². The van der Waals surface area contributed by atoms with Crippen molar-refractivity contribution in [3.8, 4) is 0 Å². The number of fused-ring (bicyclic) bond motifs is 2. The fraction of sp³-hybridized carbons (Fsp3) is 0.391. The van der Waals surface area contributed by atoms with Crippen molar-refractivity contribution < 1.29 is 41.7 Å². The van der Waals surface area contributed by atoms with Crippen molar-refractivity contribution in [2.45, 2.75) is 49.0 Å².